The van der Waals surface area contributed by atoms with Gasteiger partial charge in [-0.25, -0.2) is 4.79 Å². The zero-order valence-corrected chi connectivity index (χ0v) is 19.2. The molecule has 178 valence electrons. The van der Waals surface area contributed by atoms with E-state index in [0.29, 0.717) is 25.8 Å². The molecule has 7 heteroatoms. The van der Waals surface area contributed by atoms with E-state index < -0.39 is 23.5 Å². The topological polar surface area (TPSA) is 95.9 Å². The first-order valence-electron chi connectivity index (χ1n) is 12.1. The summed E-state index contributed by atoms with van der Waals surface area (Å²) >= 11 is 0. The average Bonchev–Trinajstić information content (AvgIpc) is 3.47. The number of aliphatic carboxylic acids is 1. The van der Waals surface area contributed by atoms with E-state index in [4.69, 9.17) is 4.74 Å². The Hall–Kier alpha value is -3.35. The van der Waals surface area contributed by atoms with Crippen molar-refractivity contribution in [2.24, 2.45) is 5.92 Å². The molecule has 2 fully saturated rings. The van der Waals surface area contributed by atoms with Crippen molar-refractivity contribution in [2.45, 2.75) is 50.0 Å². The summed E-state index contributed by atoms with van der Waals surface area (Å²) in [5, 5.41) is 12.2. The van der Waals surface area contributed by atoms with Gasteiger partial charge in [-0.15, -0.1) is 0 Å². The smallest absolute Gasteiger partial charge is 0.408 e. The highest BCUT2D eigenvalue weighted by atomic mass is 16.5. The van der Waals surface area contributed by atoms with Crippen LogP contribution in [0.25, 0.3) is 11.1 Å². The van der Waals surface area contributed by atoms with Crippen molar-refractivity contribution in [1.82, 2.24) is 10.2 Å². The summed E-state index contributed by atoms with van der Waals surface area (Å²) in [6, 6.07) is 16.3. The van der Waals surface area contributed by atoms with Crippen molar-refractivity contribution in [1.29, 1.82) is 0 Å². The van der Waals surface area contributed by atoms with Crippen molar-refractivity contribution in [3.05, 3.63) is 59.7 Å². The molecule has 2 aliphatic carbocycles. The van der Waals surface area contributed by atoms with Gasteiger partial charge in [0.15, 0.2) is 0 Å². The number of carbonyl (C=O) groups is 3. The quantitative estimate of drug-likeness (QED) is 0.696. The first-order chi connectivity index (χ1) is 16.5. The molecule has 5 rings (SSSR count). The molecule has 2 aromatic carbocycles. The van der Waals surface area contributed by atoms with Gasteiger partial charge in [-0.1, -0.05) is 67.8 Å². The van der Waals surface area contributed by atoms with E-state index in [0.717, 1.165) is 41.5 Å². The van der Waals surface area contributed by atoms with Gasteiger partial charge in [-0.3, -0.25) is 9.59 Å². The SMILES string of the molecule is O=C(NC1(C(=O)N2CCC(C(=O)O)C2)CCCCC1)OCC1c2ccccc2-c2ccccc21. The van der Waals surface area contributed by atoms with Gasteiger partial charge in [0.05, 0.1) is 5.92 Å². The standard InChI is InChI=1S/C27H30N2O5/c30-24(31)18-12-15-29(16-18)25(32)27(13-6-1-7-14-27)28-26(33)34-17-23-21-10-4-2-8-19(21)20-9-3-5-11-22(20)23/h2-5,8-11,18,23H,1,6-7,12-17H2,(H,28,33)(H,30,31). The summed E-state index contributed by atoms with van der Waals surface area (Å²) < 4.78 is 5.72. The average molecular weight is 463 g/mol. The molecule has 0 radical (unpaired) electrons. The van der Waals surface area contributed by atoms with Crippen LogP contribution in [0.1, 0.15) is 55.6 Å². The van der Waals surface area contributed by atoms with Crippen molar-refractivity contribution in [3.8, 4) is 11.1 Å². The summed E-state index contributed by atoms with van der Waals surface area (Å²) in [5.74, 6) is -1.65. The van der Waals surface area contributed by atoms with E-state index in [2.05, 4.69) is 29.6 Å². The number of rotatable bonds is 5. The van der Waals surface area contributed by atoms with E-state index in [9.17, 15) is 19.5 Å². The monoisotopic (exact) mass is 462 g/mol. The molecule has 1 unspecified atom stereocenters. The lowest BCUT2D eigenvalue weighted by Crippen LogP contribution is -2.60. The first kappa shape index (κ1) is 22.4. The van der Waals surface area contributed by atoms with Crippen molar-refractivity contribution < 1.29 is 24.2 Å². The van der Waals surface area contributed by atoms with Gasteiger partial charge in [-0.2, -0.15) is 0 Å². The fourth-order valence-corrected chi connectivity index (χ4v) is 5.83. The van der Waals surface area contributed by atoms with Gasteiger partial charge in [0.25, 0.3) is 0 Å². The Morgan fingerprint density at radius 3 is 2.18 bits per heavy atom. The Labute approximate surface area is 199 Å². The van der Waals surface area contributed by atoms with Crippen molar-refractivity contribution >= 4 is 18.0 Å². The number of nitrogens with one attached hydrogen (secondary N) is 1. The second-order valence-electron chi connectivity index (χ2n) is 9.67. The molecule has 2 aromatic rings. The number of ether oxygens (including phenoxy) is 1. The number of nitrogens with zero attached hydrogens (tertiary/aromatic N) is 1. The lowest BCUT2D eigenvalue weighted by atomic mass is 9.80. The van der Waals surface area contributed by atoms with Crippen LogP contribution in [0.5, 0.6) is 0 Å². The molecule has 34 heavy (non-hydrogen) atoms. The highest BCUT2D eigenvalue weighted by Gasteiger charge is 2.46. The van der Waals surface area contributed by atoms with Crippen LogP contribution in [0.3, 0.4) is 0 Å². The molecular weight excluding hydrogens is 432 g/mol. The number of benzene rings is 2. The zero-order valence-electron chi connectivity index (χ0n) is 19.2. The third-order valence-electron chi connectivity index (χ3n) is 7.63. The van der Waals surface area contributed by atoms with Crippen LogP contribution in [0.4, 0.5) is 4.79 Å². The van der Waals surface area contributed by atoms with Gasteiger partial charge < -0.3 is 20.1 Å². The Balaban J connectivity index is 1.29. The normalized spacial score (nSPS) is 20.9. The number of fused-ring (bicyclic) bond motifs is 3. The highest BCUT2D eigenvalue weighted by Crippen LogP contribution is 2.44. The van der Waals surface area contributed by atoms with E-state index in [-0.39, 0.29) is 25.0 Å². The molecule has 0 spiro atoms. The fraction of sp³-hybridized carbons (Fsp3) is 0.444. The van der Waals surface area contributed by atoms with Crippen LogP contribution in [0, 0.1) is 5.92 Å². The van der Waals surface area contributed by atoms with Gasteiger partial charge in [0, 0.05) is 19.0 Å². The van der Waals surface area contributed by atoms with Crippen LogP contribution in [-0.2, 0) is 14.3 Å². The number of carbonyl (C=O) groups excluding carboxylic acids is 2. The molecule has 0 aromatic heterocycles. The molecule has 1 heterocycles. The number of amides is 2. The number of likely N-dealkylation sites (tertiary alicyclic amines) is 1. The van der Waals surface area contributed by atoms with Crippen molar-refractivity contribution in [2.75, 3.05) is 19.7 Å². The fourth-order valence-electron chi connectivity index (χ4n) is 5.83. The number of carboxylic acid groups (broad SMARTS) is 1. The molecule has 0 bridgehead atoms. The van der Waals surface area contributed by atoms with Gasteiger partial charge in [0.2, 0.25) is 5.91 Å². The van der Waals surface area contributed by atoms with Crippen LogP contribution in [0.2, 0.25) is 0 Å². The number of hydrogen-bond donors (Lipinski definition) is 2. The summed E-state index contributed by atoms with van der Waals surface area (Å²) in [6.07, 6.45) is 3.64. The van der Waals surface area contributed by atoms with Crippen LogP contribution in [-0.4, -0.2) is 53.2 Å². The molecule has 1 saturated heterocycles. The highest BCUT2D eigenvalue weighted by molar-refractivity contribution is 5.91. The van der Waals surface area contributed by atoms with Gasteiger partial charge in [0.1, 0.15) is 12.1 Å². The van der Waals surface area contributed by atoms with E-state index in [1.54, 1.807) is 4.90 Å². The third kappa shape index (κ3) is 4.04. The first-order valence-corrected chi connectivity index (χ1v) is 12.1. The third-order valence-corrected chi connectivity index (χ3v) is 7.63. The maximum atomic E-state index is 13.5. The summed E-state index contributed by atoms with van der Waals surface area (Å²) in [7, 11) is 0. The van der Waals surface area contributed by atoms with E-state index in [1.165, 1.54) is 0 Å². The second kappa shape index (κ2) is 9.12. The minimum Gasteiger partial charge on any atom is -0.481 e. The van der Waals surface area contributed by atoms with Crippen LogP contribution in [0.15, 0.2) is 48.5 Å². The molecule has 3 aliphatic rings. The van der Waals surface area contributed by atoms with Gasteiger partial charge >= 0.3 is 12.1 Å². The predicted octanol–water partition coefficient (Wildman–Crippen LogP) is 4.16. The summed E-state index contributed by atoms with van der Waals surface area (Å²) in [4.78, 5) is 39.4. The Bertz CT molecular complexity index is 1060. The Morgan fingerprint density at radius 2 is 1.59 bits per heavy atom. The molecule has 2 N–H and O–H groups in total. The zero-order chi connectivity index (χ0) is 23.7. The molecule has 1 saturated carbocycles. The maximum absolute atomic E-state index is 13.5. The lowest BCUT2D eigenvalue weighted by molar-refractivity contribution is -0.142. The van der Waals surface area contributed by atoms with Crippen LogP contribution < -0.4 is 5.32 Å². The number of hydrogen-bond acceptors (Lipinski definition) is 4. The molecule has 1 atom stereocenters. The Morgan fingerprint density at radius 1 is 0.971 bits per heavy atom. The lowest BCUT2D eigenvalue weighted by Gasteiger charge is -2.39. The summed E-state index contributed by atoms with van der Waals surface area (Å²) in [6.45, 7) is 0.793. The van der Waals surface area contributed by atoms with E-state index in [1.807, 2.05) is 24.3 Å². The minimum absolute atomic E-state index is 0.0499. The van der Waals surface area contributed by atoms with Gasteiger partial charge in [-0.05, 0) is 41.5 Å². The largest absolute Gasteiger partial charge is 0.481 e. The molecule has 2 amide bonds. The number of alkyl carbamates (subject to hydrolysis) is 1. The maximum Gasteiger partial charge on any atom is 0.408 e. The molecular formula is C27H30N2O5. The predicted molar refractivity (Wildman–Crippen MR) is 126 cm³/mol. The van der Waals surface area contributed by atoms with Crippen molar-refractivity contribution in [3.63, 3.8) is 0 Å². The number of carboxylic acids is 1. The second-order valence-corrected chi connectivity index (χ2v) is 9.67. The summed E-state index contributed by atoms with van der Waals surface area (Å²) in [5.41, 5.74) is 3.57. The minimum atomic E-state index is -1.02. The Kier molecular flexibility index (Phi) is 6.02. The van der Waals surface area contributed by atoms with Crippen LogP contribution >= 0.6 is 0 Å². The molecule has 1 aliphatic heterocycles. The van der Waals surface area contributed by atoms with E-state index >= 15 is 0 Å². The molecule has 7 nitrogen and oxygen atoms in total.